The average molecular weight is 365 g/mol. The molecule has 0 fully saturated rings. The lowest BCUT2D eigenvalue weighted by Gasteiger charge is -2.23. The third-order valence-corrected chi connectivity index (χ3v) is 3.37. The summed E-state index contributed by atoms with van der Waals surface area (Å²) in [5.41, 5.74) is 5.43. The lowest BCUT2D eigenvalue weighted by Crippen LogP contribution is -2.36. The third-order valence-electron chi connectivity index (χ3n) is 3.37. The molecule has 1 rings (SSSR count). The van der Waals surface area contributed by atoms with Crippen LogP contribution in [0.1, 0.15) is 32.4 Å². The van der Waals surface area contributed by atoms with Gasteiger partial charge in [0.15, 0.2) is 0 Å². The molecule has 0 bridgehead atoms. The summed E-state index contributed by atoms with van der Waals surface area (Å²) in [6, 6.07) is 6.10. The molecule has 144 valence electrons. The van der Waals surface area contributed by atoms with Crippen molar-refractivity contribution < 1.29 is 23.9 Å². The molecule has 8 nitrogen and oxygen atoms in total. The number of likely N-dealkylation sites (N-methyl/N-ethyl adjacent to an activating group) is 1. The minimum absolute atomic E-state index is 0.160. The summed E-state index contributed by atoms with van der Waals surface area (Å²) < 4.78 is 10.6. The standard InChI is InChI=1S/C18H27N3O5/c1-18(2,3)26-17(24)20-9-10-25-14-7-5-13(6-8-14)15(12-22)21(4)16(23)11-19/h5-8,12,15H,9-11,19H2,1-4H3,(H,20,24). The van der Waals surface area contributed by atoms with Gasteiger partial charge in [-0.1, -0.05) is 12.1 Å². The number of hydrogen-bond donors (Lipinski definition) is 2. The van der Waals surface area contributed by atoms with Crippen LogP contribution in [0.4, 0.5) is 4.79 Å². The Morgan fingerprint density at radius 2 is 1.88 bits per heavy atom. The van der Waals surface area contributed by atoms with Crippen molar-refractivity contribution in [2.24, 2.45) is 5.73 Å². The first-order valence-electron chi connectivity index (χ1n) is 8.28. The van der Waals surface area contributed by atoms with E-state index in [-0.39, 0.29) is 19.1 Å². The van der Waals surface area contributed by atoms with Gasteiger partial charge in [0.05, 0.1) is 13.1 Å². The zero-order valence-electron chi connectivity index (χ0n) is 15.7. The topological polar surface area (TPSA) is 111 Å². The molecule has 1 unspecified atom stereocenters. The number of nitrogens with one attached hydrogen (secondary N) is 1. The second-order valence-electron chi connectivity index (χ2n) is 6.64. The molecular formula is C18H27N3O5. The van der Waals surface area contributed by atoms with E-state index in [4.69, 9.17) is 15.2 Å². The first-order valence-corrected chi connectivity index (χ1v) is 8.28. The zero-order valence-corrected chi connectivity index (χ0v) is 15.7. The minimum atomic E-state index is -0.700. The molecule has 0 saturated carbocycles. The fourth-order valence-electron chi connectivity index (χ4n) is 2.09. The van der Waals surface area contributed by atoms with Crippen molar-refractivity contribution in [2.75, 3.05) is 26.7 Å². The van der Waals surface area contributed by atoms with Crippen LogP contribution in [-0.2, 0) is 14.3 Å². The summed E-state index contributed by atoms with van der Waals surface area (Å²) in [7, 11) is 1.53. The van der Waals surface area contributed by atoms with Crippen LogP contribution in [0.25, 0.3) is 0 Å². The van der Waals surface area contributed by atoms with Crippen LogP contribution in [-0.4, -0.2) is 55.5 Å². The summed E-state index contributed by atoms with van der Waals surface area (Å²) in [5.74, 6) is 0.257. The number of rotatable bonds is 8. The van der Waals surface area contributed by atoms with Gasteiger partial charge in [0.25, 0.3) is 0 Å². The second kappa shape index (κ2) is 9.76. The largest absolute Gasteiger partial charge is 0.492 e. The van der Waals surface area contributed by atoms with Crippen molar-refractivity contribution in [3.8, 4) is 5.75 Å². The highest BCUT2D eigenvalue weighted by Gasteiger charge is 2.20. The van der Waals surface area contributed by atoms with Gasteiger partial charge in [-0.05, 0) is 38.5 Å². The van der Waals surface area contributed by atoms with Crippen LogP contribution in [0.3, 0.4) is 0 Å². The highest BCUT2D eigenvalue weighted by Crippen LogP contribution is 2.20. The van der Waals surface area contributed by atoms with E-state index in [0.29, 0.717) is 24.1 Å². The zero-order chi connectivity index (χ0) is 19.7. The molecule has 3 N–H and O–H groups in total. The minimum Gasteiger partial charge on any atom is -0.492 e. The van der Waals surface area contributed by atoms with Gasteiger partial charge in [-0.2, -0.15) is 0 Å². The molecule has 0 saturated heterocycles. The van der Waals surface area contributed by atoms with E-state index in [0.717, 1.165) is 0 Å². The molecule has 0 aliphatic heterocycles. The molecule has 0 aromatic heterocycles. The van der Waals surface area contributed by atoms with E-state index in [1.165, 1.54) is 11.9 Å². The molecular weight excluding hydrogens is 338 g/mol. The maximum atomic E-state index is 11.6. The van der Waals surface area contributed by atoms with E-state index in [2.05, 4.69) is 5.32 Å². The van der Waals surface area contributed by atoms with Crippen LogP contribution in [0, 0.1) is 0 Å². The highest BCUT2D eigenvalue weighted by atomic mass is 16.6. The molecule has 0 spiro atoms. The summed E-state index contributed by atoms with van der Waals surface area (Å²) >= 11 is 0. The number of nitrogens with zero attached hydrogens (tertiary/aromatic N) is 1. The lowest BCUT2D eigenvalue weighted by molar-refractivity contribution is -0.133. The Morgan fingerprint density at radius 1 is 1.27 bits per heavy atom. The Labute approximate surface area is 153 Å². The molecule has 1 aromatic carbocycles. The third kappa shape index (κ3) is 7.10. The summed E-state index contributed by atoms with van der Waals surface area (Å²) in [6.45, 7) is 5.76. The second-order valence-corrected chi connectivity index (χ2v) is 6.64. The van der Waals surface area contributed by atoms with E-state index in [9.17, 15) is 14.4 Å². The number of hydrogen-bond acceptors (Lipinski definition) is 6. The van der Waals surface area contributed by atoms with Gasteiger partial charge in [-0.25, -0.2) is 4.79 Å². The Balaban J connectivity index is 2.51. The average Bonchev–Trinajstić information content (AvgIpc) is 2.58. The number of carbonyl (C=O) groups excluding carboxylic acids is 3. The number of alkyl carbamates (subject to hydrolysis) is 1. The van der Waals surface area contributed by atoms with Crippen LogP contribution in [0.2, 0.25) is 0 Å². The summed E-state index contributed by atoms with van der Waals surface area (Å²) in [6.07, 6.45) is 0.187. The Hall–Kier alpha value is -2.61. The number of nitrogens with two attached hydrogens (primary N) is 1. The number of ether oxygens (including phenoxy) is 2. The SMILES string of the molecule is CN(C(=O)CN)C(C=O)c1ccc(OCCNC(=O)OC(C)(C)C)cc1. The normalized spacial score (nSPS) is 12.0. The molecule has 0 aliphatic rings. The molecule has 2 amide bonds. The first kappa shape index (κ1) is 21.4. The fourth-order valence-corrected chi connectivity index (χ4v) is 2.09. The molecule has 0 heterocycles. The Kier molecular flexibility index (Phi) is 8.05. The molecule has 8 heteroatoms. The van der Waals surface area contributed by atoms with Crippen LogP contribution in [0.5, 0.6) is 5.75 Å². The molecule has 0 aliphatic carbocycles. The van der Waals surface area contributed by atoms with Crippen molar-refractivity contribution in [1.82, 2.24) is 10.2 Å². The van der Waals surface area contributed by atoms with Gasteiger partial charge in [0.1, 0.15) is 30.3 Å². The summed E-state index contributed by atoms with van der Waals surface area (Å²) in [5, 5.41) is 2.59. The van der Waals surface area contributed by atoms with Gasteiger partial charge in [-0.3, -0.25) is 4.79 Å². The van der Waals surface area contributed by atoms with Crippen LogP contribution >= 0.6 is 0 Å². The van der Waals surface area contributed by atoms with Gasteiger partial charge >= 0.3 is 6.09 Å². The molecule has 0 radical (unpaired) electrons. The van der Waals surface area contributed by atoms with Crippen molar-refractivity contribution in [1.29, 1.82) is 0 Å². The predicted octanol–water partition coefficient (Wildman–Crippen LogP) is 1.25. The predicted molar refractivity (Wildman–Crippen MR) is 96.8 cm³/mol. The maximum absolute atomic E-state index is 11.6. The van der Waals surface area contributed by atoms with Gasteiger partial charge in [0, 0.05) is 7.05 Å². The van der Waals surface area contributed by atoms with Crippen molar-refractivity contribution >= 4 is 18.3 Å². The van der Waals surface area contributed by atoms with Gasteiger partial charge < -0.3 is 30.2 Å². The monoisotopic (exact) mass is 365 g/mol. The number of benzene rings is 1. The van der Waals surface area contributed by atoms with Gasteiger partial charge in [-0.15, -0.1) is 0 Å². The fraction of sp³-hybridized carbons (Fsp3) is 0.500. The van der Waals surface area contributed by atoms with E-state index in [1.54, 1.807) is 45.0 Å². The Morgan fingerprint density at radius 3 is 2.38 bits per heavy atom. The van der Waals surface area contributed by atoms with Crippen molar-refractivity contribution in [3.63, 3.8) is 0 Å². The van der Waals surface area contributed by atoms with E-state index in [1.807, 2.05) is 0 Å². The first-order chi connectivity index (χ1) is 12.2. The van der Waals surface area contributed by atoms with Crippen molar-refractivity contribution in [3.05, 3.63) is 29.8 Å². The lowest BCUT2D eigenvalue weighted by atomic mass is 10.1. The highest BCUT2D eigenvalue weighted by molar-refractivity contribution is 5.81. The maximum Gasteiger partial charge on any atom is 0.407 e. The number of carbonyl (C=O) groups is 3. The Bertz CT molecular complexity index is 610. The van der Waals surface area contributed by atoms with Crippen LogP contribution in [0.15, 0.2) is 24.3 Å². The van der Waals surface area contributed by atoms with E-state index >= 15 is 0 Å². The molecule has 26 heavy (non-hydrogen) atoms. The number of aldehydes is 1. The van der Waals surface area contributed by atoms with Crippen LogP contribution < -0.4 is 15.8 Å². The number of amides is 2. The van der Waals surface area contributed by atoms with Gasteiger partial charge in [0.2, 0.25) is 5.91 Å². The summed E-state index contributed by atoms with van der Waals surface area (Å²) in [4.78, 5) is 35.8. The quantitative estimate of drug-likeness (QED) is 0.530. The molecule has 1 aromatic rings. The molecule has 1 atom stereocenters. The smallest absolute Gasteiger partial charge is 0.407 e. The van der Waals surface area contributed by atoms with E-state index < -0.39 is 17.7 Å². The van der Waals surface area contributed by atoms with Crippen molar-refractivity contribution in [2.45, 2.75) is 32.4 Å².